The molecule has 0 radical (unpaired) electrons. The van der Waals surface area contributed by atoms with Gasteiger partial charge in [-0.25, -0.2) is 0 Å². The van der Waals surface area contributed by atoms with E-state index in [4.69, 9.17) is 4.74 Å². The molecule has 1 heterocycles. The fourth-order valence-electron chi connectivity index (χ4n) is 2.35. The number of para-hydroxylation sites is 1. The SMILES string of the molecule is CCC(C)C(C)NC1CCOc2ccccc21. The molecule has 1 aliphatic heterocycles. The van der Waals surface area contributed by atoms with Crippen LogP contribution in [0.1, 0.15) is 45.2 Å². The van der Waals surface area contributed by atoms with Gasteiger partial charge in [0.1, 0.15) is 5.75 Å². The lowest BCUT2D eigenvalue weighted by molar-refractivity contribution is 0.234. The molecule has 0 aromatic heterocycles. The third-order valence-corrected chi connectivity index (χ3v) is 3.92. The number of fused-ring (bicyclic) bond motifs is 1. The van der Waals surface area contributed by atoms with Crippen molar-refractivity contribution in [3.63, 3.8) is 0 Å². The van der Waals surface area contributed by atoms with E-state index in [9.17, 15) is 0 Å². The first-order chi connectivity index (χ1) is 8.22. The largest absolute Gasteiger partial charge is 0.493 e. The van der Waals surface area contributed by atoms with Crippen molar-refractivity contribution in [1.82, 2.24) is 5.32 Å². The molecule has 3 atom stereocenters. The van der Waals surface area contributed by atoms with E-state index >= 15 is 0 Å². The molecule has 3 unspecified atom stereocenters. The molecule has 0 saturated carbocycles. The zero-order valence-electron chi connectivity index (χ0n) is 11.1. The van der Waals surface area contributed by atoms with Crippen molar-refractivity contribution in [2.75, 3.05) is 6.61 Å². The van der Waals surface area contributed by atoms with E-state index in [0.29, 0.717) is 18.0 Å². The van der Waals surface area contributed by atoms with Crippen molar-refractivity contribution < 1.29 is 4.74 Å². The van der Waals surface area contributed by atoms with Gasteiger partial charge in [-0.05, 0) is 18.9 Å². The van der Waals surface area contributed by atoms with Crippen LogP contribution in [-0.2, 0) is 0 Å². The molecule has 1 aromatic rings. The second-order valence-electron chi connectivity index (χ2n) is 5.07. The van der Waals surface area contributed by atoms with Crippen LogP contribution in [-0.4, -0.2) is 12.6 Å². The molecule has 0 saturated heterocycles. The molecule has 0 spiro atoms. The fourth-order valence-corrected chi connectivity index (χ4v) is 2.35. The summed E-state index contributed by atoms with van der Waals surface area (Å²) in [5.41, 5.74) is 1.31. The summed E-state index contributed by atoms with van der Waals surface area (Å²) in [6, 6.07) is 9.38. The Hall–Kier alpha value is -1.02. The molecule has 0 aliphatic carbocycles. The molecule has 0 amide bonds. The smallest absolute Gasteiger partial charge is 0.124 e. The van der Waals surface area contributed by atoms with E-state index in [-0.39, 0.29) is 0 Å². The summed E-state index contributed by atoms with van der Waals surface area (Å²) in [4.78, 5) is 0. The van der Waals surface area contributed by atoms with Gasteiger partial charge in [0.25, 0.3) is 0 Å². The van der Waals surface area contributed by atoms with Gasteiger partial charge in [-0.2, -0.15) is 0 Å². The topological polar surface area (TPSA) is 21.3 Å². The van der Waals surface area contributed by atoms with Crippen LogP contribution in [0.25, 0.3) is 0 Å². The van der Waals surface area contributed by atoms with Gasteiger partial charge in [-0.3, -0.25) is 0 Å². The average Bonchev–Trinajstić information content (AvgIpc) is 2.38. The van der Waals surface area contributed by atoms with Crippen molar-refractivity contribution in [2.24, 2.45) is 5.92 Å². The van der Waals surface area contributed by atoms with Gasteiger partial charge in [0, 0.05) is 24.1 Å². The molecule has 94 valence electrons. The van der Waals surface area contributed by atoms with Crippen molar-refractivity contribution in [2.45, 2.75) is 45.7 Å². The zero-order chi connectivity index (χ0) is 12.3. The van der Waals surface area contributed by atoms with E-state index in [1.54, 1.807) is 0 Å². The van der Waals surface area contributed by atoms with Crippen molar-refractivity contribution in [1.29, 1.82) is 0 Å². The van der Waals surface area contributed by atoms with Gasteiger partial charge >= 0.3 is 0 Å². The molecule has 0 fully saturated rings. The maximum absolute atomic E-state index is 5.68. The highest BCUT2D eigenvalue weighted by molar-refractivity contribution is 5.37. The molecule has 0 bridgehead atoms. The van der Waals surface area contributed by atoms with Crippen LogP contribution >= 0.6 is 0 Å². The predicted octanol–water partition coefficient (Wildman–Crippen LogP) is 3.53. The molecule has 1 N–H and O–H groups in total. The van der Waals surface area contributed by atoms with Gasteiger partial charge < -0.3 is 10.1 Å². The number of benzene rings is 1. The highest BCUT2D eigenvalue weighted by Crippen LogP contribution is 2.32. The maximum atomic E-state index is 5.68. The Labute approximate surface area is 104 Å². The lowest BCUT2D eigenvalue weighted by Crippen LogP contribution is -2.37. The number of rotatable bonds is 4. The van der Waals surface area contributed by atoms with E-state index in [1.807, 2.05) is 6.07 Å². The average molecular weight is 233 g/mol. The molecular formula is C15H23NO. The van der Waals surface area contributed by atoms with Gasteiger partial charge in [-0.15, -0.1) is 0 Å². The standard InChI is InChI=1S/C15H23NO/c1-4-11(2)12(3)16-14-9-10-17-15-8-6-5-7-13(14)15/h5-8,11-12,14,16H,4,9-10H2,1-3H3. The highest BCUT2D eigenvalue weighted by atomic mass is 16.5. The zero-order valence-corrected chi connectivity index (χ0v) is 11.1. The van der Waals surface area contributed by atoms with Crippen LogP contribution < -0.4 is 10.1 Å². The highest BCUT2D eigenvalue weighted by Gasteiger charge is 2.23. The fraction of sp³-hybridized carbons (Fsp3) is 0.600. The van der Waals surface area contributed by atoms with Crippen LogP contribution in [0.5, 0.6) is 5.75 Å². The summed E-state index contributed by atoms with van der Waals surface area (Å²) in [5, 5.41) is 3.75. The summed E-state index contributed by atoms with van der Waals surface area (Å²) >= 11 is 0. The summed E-state index contributed by atoms with van der Waals surface area (Å²) in [6.07, 6.45) is 2.29. The van der Waals surface area contributed by atoms with Crippen LogP contribution in [0.15, 0.2) is 24.3 Å². The second kappa shape index (κ2) is 5.54. The van der Waals surface area contributed by atoms with Crippen molar-refractivity contribution >= 4 is 0 Å². The molecule has 2 rings (SSSR count). The number of hydrogen-bond acceptors (Lipinski definition) is 2. The van der Waals surface area contributed by atoms with E-state index < -0.39 is 0 Å². The third kappa shape index (κ3) is 2.81. The summed E-state index contributed by atoms with van der Waals surface area (Å²) < 4.78 is 5.68. The molecule has 1 aromatic carbocycles. The minimum absolute atomic E-state index is 0.448. The first-order valence-corrected chi connectivity index (χ1v) is 6.70. The minimum Gasteiger partial charge on any atom is -0.493 e. The monoisotopic (exact) mass is 233 g/mol. The Morgan fingerprint density at radius 3 is 2.88 bits per heavy atom. The first kappa shape index (κ1) is 12.4. The molecule has 2 nitrogen and oxygen atoms in total. The number of ether oxygens (including phenoxy) is 1. The Balaban J connectivity index is 2.08. The predicted molar refractivity (Wildman–Crippen MR) is 71.3 cm³/mol. The Kier molecular flexibility index (Phi) is 4.06. The lowest BCUT2D eigenvalue weighted by atomic mass is 9.95. The quantitative estimate of drug-likeness (QED) is 0.859. The van der Waals surface area contributed by atoms with Gasteiger partial charge in [-0.1, -0.05) is 38.5 Å². The molecule has 17 heavy (non-hydrogen) atoms. The minimum atomic E-state index is 0.448. The summed E-state index contributed by atoms with van der Waals surface area (Å²) in [5.74, 6) is 1.76. The van der Waals surface area contributed by atoms with Gasteiger partial charge in [0.05, 0.1) is 6.61 Å². The van der Waals surface area contributed by atoms with E-state index in [2.05, 4.69) is 44.3 Å². The Bertz CT molecular complexity index is 364. The molecular weight excluding hydrogens is 210 g/mol. The van der Waals surface area contributed by atoms with Crippen LogP contribution in [0, 0.1) is 5.92 Å². The number of hydrogen-bond donors (Lipinski definition) is 1. The first-order valence-electron chi connectivity index (χ1n) is 6.70. The van der Waals surface area contributed by atoms with Crippen molar-refractivity contribution in [3.05, 3.63) is 29.8 Å². The van der Waals surface area contributed by atoms with Crippen LogP contribution in [0.2, 0.25) is 0 Å². The van der Waals surface area contributed by atoms with Crippen LogP contribution in [0.3, 0.4) is 0 Å². The normalized spacial score (nSPS) is 22.4. The van der Waals surface area contributed by atoms with Gasteiger partial charge in [0.2, 0.25) is 0 Å². The summed E-state index contributed by atoms with van der Waals surface area (Å²) in [7, 11) is 0. The summed E-state index contributed by atoms with van der Waals surface area (Å²) in [6.45, 7) is 7.66. The molecule has 1 aliphatic rings. The van der Waals surface area contributed by atoms with E-state index in [0.717, 1.165) is 18.8 Å². The van der Waals surface area contributed by atoms with Crippen LogP contribution in [0.4, 0.5) is 0 Å². The second-order valence-corrected chi connectivity index (χ2v) is 5.07. The van der Waals surface area contributed by atoms with Gasteiger partial charge in [0.15, 0.2) is 0 Å². The third-order valence-electron chi connectivity index (χ3n) is 3.92. The Morgan fingerprint density at radius 2 is 2.12 bits per heavy atom. The van der Waals surface area contributed by atoms with E-state index in [1.165, 1.54) is 12.0 Å². The Morgan fingerprint density at radius 1 is 1.35 bits per heavy atom. The maximum Gasteiger partial charge on any atom is 0.124 e. The van der Waals surface area contributed by atoms with Crippen molar-refractivity contribution in [3.8, 4) is 5.75 Å². The number of nitrogens with one attached hydrogen (secondary N) is 1. The lowest BCUT2D eigenvalue weighted by Gasteiger charge is -2.31. The molecule has 2 heteroatoms.